The third-order valence-corrected chi connectivity index (χ3v) is 7.71. The van der Waals surface area contributed by atoms with Crippen molar-refractivity contribution in [1.29, 1.82) is 0 Å². The number of hydrogen-bond acceptors (Lipinski definition) is 5. The molecule has 31 heavy (non-hydrogen) atoms. The molecule has 0 spiro atoms. The summed E-state index contributed by atoms with van der Waals surface area (Å²) in [4.78, 5) is 41.1. The molecule has 0 saturated carbocycles. The minimum absolute atomic E-state index is 0.102. The highest BCUT2D eigenvalue weighted by molar-refractivity contribution is 7.99. The van der Waals surface area contributed by atoms with Crippen molar-refractivity contribution < 1.29 is 14.4 Å². The van der Waals surface area contributed by atoms with Gasteiger partial charge in [0, 0.05) is 42.7 Å². The van der Waals surface area contributed by atoms with E-state index in [4.69, 9.17) is 0 Å². The number of piperidine rings is 2. The van der Waals surface area contributed by atoms with Gasteiger partial charge in [-0.15, -0.1) is 0 Å². The van der Waals surface area contributed by atoms with E-state index in [0.29, 0.717) is 31.1 Å². The Bertz CT molecular complexity index is 804. The van der Waals surface area contributed by atoms with Crippen LogP contribution in [0.15, 0.2) is 24.3 Å². The molecule has 3 amide bonds. The molecule has 0 bridgehead atoms. The minimum atomic E-state index is -0.664. The molecule has 0 aliphatic carbocycles. The molecule has 2 N–H and O–H groups in total. The summed E-state index contributed by atoms with van der Waals surface area (Å²) < 4.78 is 0. The van der Waals surface area contributed by atoms with Gasteiger partial charge < -0.3 is 15.5 Å². The molecular formula is C23H32N4O3S. The van der Waals surface area contributed by atoms with Crippen LogP contribution in [0.5, 0.6) is 0 Å². The van der Waals surface area contributed by atoms with Gasteiger partial charge in [0.15, 0.2) is 0 Å². The molecule has 3 aliphatic rings. The molecule has 168 valence electrons. The third-order valence-electron chi connectivity index (χ3n) is 6.57. The zero-order valence-electron chi connectivity index (χ0n) is 18.0. The first-order chi connectivity index (χ1) is 15.1. The fourth-order valence-electron chi connectivity index (χ4n) is 4.67. The number of anilines is 2. The lowest BCUT2D eigenvalue weighted by Gasteiger charge is -2.35. The minimum Gasteiger partial charge on any atom is -0.348 e. The SMILES string of the molecule is O=C(NCC1CCN([C@H]2CCSC2)CC1)C(=O)Nc1cccc(N2CCCCC2=O)c1. The molecule has 7 nitrogen and oxygen atoms in total. The molecule has 0 aromatic heterocycles. The second kappa shape index (κ2) is 10.5. The smallest absolute Gasteiger partial charge is 0.313 e. The van der Waals surface area contributed by atoms with Gasteiger partial charge in [-0.2, -0.15) is 11.8 Å². The maximum atomic E-state index is 12.3. The first-order valence-electron chi connectivity index (χ1n) is 11.4. The Labute approximate surface area is 188 Å². The van der Waals surface area contributed by atoms with E-state index >= 15 is 0 Å². The topological polar surface area (TPSA) is 81.8 Å². The van der Waals surface area contributed by atoms with E-state index in [1.165, 1.54) is 17.9 Å². The fourth-order valence-corrected chi connectivity index (χ4v) is 5.92. The van der Waals surface area contributed by atoms with Gasteiger partial charge in [-0.1, -0.05) is 6.07 Å². The largest absolute Gasteiger partial charge is 0.348 e. The Hall–Kier alpha value is -2.06. The van der Waals surface area contributed by atoms with Crippen LogP contribution in [0, 0.1) is 5.92 Å². The van der Waals surface area contributed by atoms with Crippen LogP contribution in [0.25, 0.3) is 0 Å². The lowest BCUT2D eigenvalue weighted by molar-refractivity contribution is -0.136. The van der Waals surface area contributed by atoms with Crippen LogP contribution in [0.3, 0.4) is 0 Å². The summed E-state index contributed by atoms with van der Waals surface area (Å²) in [5.74, 6) is 1.78. The first kappa shape index (κ1) is 22.1. The number of nitrogens with one attached hydrogen (secondary N) is 2. The summed E-state index contributed by atoms with van der Waals surface area (Å²) in [6.45, 7) is 3.40. The second-order valence-electron chi connectivity index (χ2n) is 8.71. The van der Waals surface area contributed by atoms with Crippen molar-refractivity contribution in [2.24, 2.45) is 5.92 Å². The third kappa shape index (κ3) is 5.80. The highest BCUT2D eigenvalue weighted by Crippen LogP contribution is 2.27. The van der Waals surface area contributed by atoms with Gasteiger partial charge in [0.2, 0.25) is 5.91 Å². The number of amides is 3. The highest BCUT2D eigenvalue weighted by atomic mass is 32.2. The average Bonchev–Trinajstić information content (AvgIpc) is 3.33. The average molecular weight is 445 g/mol. The van der Waals surface area contributed by atoms with Crippen molar-refractivity contribution in [3.8, 4) is 0 Å². The van der Waals surface area contributed by atoms with Crippen LogP contribution in [-0.2, 0) is 14.4 Å². The number of hydrogen-bond donors (Lipinski definition) is 2. The summed E-state index contributed by atoms with van der Waals surface area (Å²) in [7, 11) is 0. The lowest BCUT2D eigenvalue weighted by Crippen LogP contribution is -2.45. The van der Waals surface area contributed by atoms with Crippen LogP contribution in [0.1, 0.15) is 38.5 Å². The molecule has 8 heteroatoms. The molecule has 1 aromatic rings. The van der Waals surface area contributed by atoms with Crippen molar-refractivity contribution in [2.45, 2.75) is 44.6 Å². The highest BCUT2D eigenvalue weighted by Gasteiger charge is 2.28. The molecule has 0 radical (unpaired) electrons. The summed E-state index contributed by atoms with van der Waals surface area (Å²) in [5.41, 5.74) is 1.29. The zero-order valence-corrected chi connectivity index (χ0v) is 18.8. The number of benzene rings is 1. The van der Waals surface area contributed by atoms with Gasteiger partial charge in [0.25, 0.3) is 0 Å². The molecule has 3 fully saturated rings. The molecule has 4 rings (SSSR count). The van der Waals surface area contributed by atoms with E-state index in [-0.39, 0.29) is 5.91 Å². The van der Waals surface area contributed by atoms with Crippen LogP contribution >= 0.6 is 11.8 Å². The van der Waals surface area contributed by atoms with Crippen LogP contribution in [0.4, 0.5) is 11.4 Å². The summed E-state index contributed by atoms with van der Waals surface area (Å²) >= 11 is 2.04. The molecule has 3 heterocycles. The van der Waals surface area contributed by atoms with E-state index in [0.717, 1.165) is 50.5 Å². The molecule has 0 unspecified atom stereocenters. The fraction of sp³-hybridized carbons (Fsp3) is 0.609. The van der Waals surface area contributed by atoms with Gasteiger partial charge in [0.05, 0.1) is 0 Å². The van der Waals surface area contributed by atoms with E-state index < -0.39 is 11.8 Å². The van der Waals surface area contributed by atoms with Gasteiger partial charge in [-0.05, 0) is 75.1 Å². The van der Waals surface area contributed by atoms with E-state index in [2.05, 4.69) is 15.5 Å². The zero-order chi connectivity index (χ0) is 21.6. The summed E-state index contributed by atoms with van der Waals surface area (Å²) in [6.07, 6.45) is 5.87. The van der Waals surface area contributed by atoms with Crippen molar-refractivity contribution in [2.75, 3.05) is 47.9 Å². The number of thioether (sulfide) groups is 1. The quantitative estimate of drug-likeness (QED) is 0.682. The molecule has 1 atom stereocenters. The Kier molecular flexibility index (Phi) is 7.50. The van der Waals surface area contributed by atoms with Crippen LogP contribution in [0.2, 0.25) is 0 Å². The summed E-state index contributed by atoms with van der Waals surface area (Å²) in [5, 5.41) is 5.47. The van der Waals surface area contributed by atoms with Crippen molar-refractivity contribution in [3.63, 3.8) is 0 Å². The van der Waals surface area contributed by atoms with E-state index in [1.807, 2.05) is 17.8 Å². The first-order valence-corrected chi connectivity index (χ1v) is 12.6. The number of likely N-dealkylation sites (tertiary alicyclic amines) is 1. The van der Waals surface area contributed by atoms with Gasteiger partial charge in [-0.25, -0.2) is 0 Å². The predicted molar refractivity (Wildman–Crippen MR) is 124 cm³/mol. The molecular weight excluding hydrogens is 412 g/mol. The Morgan fingerprint density at radius 1 is 1.06 bits per heavy atom. The number of rotatable bonds is 5. The van der Waals surface area contributed by atoms with E-state index in [9.17, 15) is 14.4 Å². The maximum absolute atomic E-state index is 12.3. The second-order valence-corrected chi connectivity index (χ2v) is 9.86. The van der Waals surface area contributed by atoms with Gasteiger partial charge in [0.1, 0.15) is 0 Å². The summed E-state index contributed by atoms with van der Waals surface area (Å²) in [6, 6.07) is 7.87. The normalized spacial score (nSPS) is 23.0. The molecule has 1 aromatic carbocycles. The van der Waals surface area contributed by atoms with Crippen molar-refractivity contribution >= 4 is 40.9 Å². The number of nitrogens with zero attached hydrogens (tertiary/aromatic N) is 2. The number of carbonyl (C=O) groups excluding carboxylic acids is 3. The standard InChI is InChI=1S/C23H32N4O3S/c28-21-6-1-2-10-27(21)19-5-3-4-18(14-19)25-23(30)22(29)24-15-17-7-11-26(12-8-17)20-9-13-31-16-20/h3-5,14,17,20H,1-2,6-13,15-16H2,(H,24,29)(H,25,30)/t20-/m0/s1. The monoisotopic (exact) mass is 444 g/mol. The van der Waals surface area contributed by atoms with Crippen molar-refractivity contribution in [1.82, 2.24) is 10.2 Å². The Morgan fingerprint density at radius 2 is 1.90 bits per heavy atom. The van der Waals surface area contributed by atoms with Crippen molar-refractivity contribution in [3.05, 3.63) is 24.3 Å². The van der Waals surface area contributed by atoms with Gasteiger partial charge in [-0.3, -0.25) is 19.3 Å². The Morgan fingerprint density at radius 3 is 2.65 bits per heavy atom. The number of carbonyl (C=O) groups is 3. The molecule has 3 saturated heterocycles. The molecule has 3 aliphatic heterocycles. The predicted octanol–water partition coefficient (Wildman–Crippen LogP) is 2.48. The lowest BCUT2D eigenvalue weighted by atomic mass is 9.95. The maximum Gasteiger partial charge on any atom is 0.313 e. The van der Waals surface area contributed by atoms with Gasteiger partial charge >= 0.3 is 11.8 Å². The van der Waals surface area contributed by atoms with E-state index in [1.54, 1.807) is 23.1 Å². The Balaban J connectivity index is 1.22. The van der Waals surface area contributed by atoms with Crippen LogP contribution < -0.4 is 15.5 Å². The van der Waals surface area contributed by atoms with Crippen LogP contribution in [-0.4, -0.2) is 66.3 Å².